The number of hydrogen-bond donors (Lipinski definition) is 1. The molecule has 3 aromatic carbocycles. The van der Waals surface area contributed by atoms with Crippen LogP contribution in [-0.2, 0) is 11.3 Å². The van der Waals surface area contributed by atoms with Crippen molar-refractivity contribution in [1.82, 2.24) is 10.2 Å². The van der Waals surface area contributed by atoms with Crippen LogP contribution in [0.4, 0.5) is 5.69 Å². The van der Waals surface area contributed by atoms with Gasteiger partial charge in [0.15, 0.2) is 0 Å². The van der Waals surface area contributed by atoms with Gasteiger partial charge in [-0.25, -0.2) is 0 Å². The van der Waals surface area contributed by atoms with Crippen LogP contribution in [0.1, 0.15) is 39.9 Å². The summed E-state index contributed by atoms with van der Waals surface area (Å²) in [5.41, 5.74) is 4.85. The van der Waals surface area contributed by atoms with Crippen molar-refractivity contribution in [2.45, 2.75) is 37.2 Å². The summed E-state index contributed by atoms with van der Waals surface area (Å²) < 4.78 is 0. The zero-order valence-corrected chi connectivity index (χ0v) is 21.6. The van der Waals surface area contributed by atoms with E-state index in [0.717, 1.165) is 54.2 Å². The van der Waals surface area contributed by atoms with Crippen LogP contribution in [0, 0.1) is 6.92 Å². The number of thioether (sulfide) groups is 1. The normalized spacial score (nSPS) is 17.8. The van der Waals surface area contributed by atoms with Crippen molar-refractivity contribution in [2.24, 2.45) is 0 Å². The molecule has 5 nitrogen and oxygen atoms in total. The van der Waals surface area contributed by atoms with Gasteiger partial charge in [-0.2, -0.15) is 0 Å². The highest BCUT2D eigenvalue weighted by Crippen LogP contribution is 2.42. The number of likely N-dealkylation sites (tertiary alicyclic amines) is 1. The summed E-state index contributed by atoms with van der Waals surface area (Å²) in [6.45, 7) is 4.92. The van der Waals surface area contributed by atoms with Crippen molar-refractivity contribution in [3.8, 4) is 0 Å². The van der Waals surface area contributed by atoms with Crippen LogP contribution in [0.2, 0.25) is 0 Å². The highest BCUT2D eigenvalue weighted by atomic mass is 32.2. The Hall–Kier alpha value is -3.35. The fourth-order valence-electron chi connectivity index (χ4n) is 4.79. The van der Waals surface area contributed by atoms with Crippen LogP contribution >= 0.6 is 11.8 Å². The number of anilines is 1. The molecule has 6 heteroatoms. The molecule has 0 saturated carbocycles. The molecule has 0 spiro atoms. The lowest BCUT2D eigenvalue weighted by atomic mass is 10.0. The maximum Gasteiger partial charge on any atom is 0.264 e. The number of rotatable bonds is 5. The molecule has 0 unspecified atom stereocenters. The number of aryl methyl sites for hydroxylation is 1. The van der Waals surface area contributed by atoms with Gasteiger partial charge in [-0.15, -0.1) is 0 Å². The highest BCUT2D eigenvalue weighted by Gasteiger charge is 2.28. The van der Waals surface area contributed by atoms with Gasteiger partial charge >= 0.3 is 0 Å². The van der Waals surface area contributed by atoms with Crippen molar-refractivity contribution in [1.29, 1.82) is 0 Å². The minimum absolute atomic E-state index is 0.0580. The monoisotopic (exact) mass is 497 g/mol. The van der Waals surface area contributed by atoms with E-state index in [9.17, 15) is 9.59 Å². The van der Waals surface area contributed by atoms with Crippen molar-refractivity contribution in [2.75, 3.05) is 25.0 Å². The molecule has 5 rings (SSSR count). The number of carbonyl (C=O) groups is 2. The quantitative estimate of drug-likeness (QED) is 0.473. The minimum Gasteiger partial charge on any atom is -0.349 e. The van der Waals surface area contributed by atoms with Crippen molar-refractivity contribution < 1.29 is 9.59 Å². The molecule has 2 heterocycles. The molecule has 0 aromatic heterocycles. The summed E-state index contributed by atoms with van der Waals surface area (Å²) in [4.78, 5) is 31.9. The van der Waals surface area contributed by atoms with E-state index in [4.69, 9.17) is 0 Å². The smallest absolute Gasteiger partial charge is 0.264 e. The predicted octanol–water partition coefficient (Wildman–Crippen LogP) is 5.50. The first kappa shape index (κ1) is 24.3. The van der Waals surface area contributed by atoms with Gasteiger partial charge in [-0.1, -0.05) is 71.9 Å². The molecule has 2 amide bonds. The number of likely N-dealkylation sites (N-methyl/N-ethyl adjacent to an activating group) is 1. The molecule has 1 saturated heterocycles. The number of hydrogen-bond acceptors (Lipinski definition) is 4. The third-order valence-corrected chi connectivity index (χ3v) is 7.91. The first-order valence-corrected chi connectivity index (χ1v) is 13.2. The molecule has 36 heavy (non-hydrogen) atoms. The Morgan fingerprint density at radius 2 is 1.81 bits per heavy atom. The Kier molecular flexibility index (Phi) is 7.25. The largest absolute Gasteiger partial charge is 0.349 e. The molecule has 0 radical (unpaired) electrons. The fraction of sp³-hybridized carbons (Fsp3) is 0.267. The Bertz CT molecular complexity index is 1300. The van der Waals surface area contributed by atoms with Crippen LogP contribution < -0.4 is 10.2 Å². The molecular formula is C30H31N3O2S. The number of piperidine rings is 1. The van der Waals surface area contributed by atoms with Gasteiger partial charge in [0.25, 0.3) is 11.8 Å². The van der Waals surface area contributed by atoms with Crippen LogP contribution in [0.15, 0.2) is 82.6 Å². The molecule has 1 fully saturated rings. The molecule has 0 bridgehead atoms. The highest BCUT2D eigenvalue weighted by molar-refractivity contribution is 8.04. The summed E-state index contributed by atoms with van der Waals surface area (Å²) in [7, 11) is 1.77. The third-order valence-electron chi connectivity index (χ3n) is 6.83. The Morgan fingerprint density at radius 3 is 2.56 bits per heavy atom. The lowest BCUT2D eigenvalue weighted by Crippen LogP contribution is -2.44. The first-order chi connectivity index (χ1) is 17.5. The minimum atomic E-state index is -0.0775. The van der Waals surface area contributed by atoms with Gasteiger partial charge in [-0.3, -0.25) is 14.5 Å². The topological polar surface area (TPSA) is 52.7 Å². The molecule has 3 aromatic rings. The number of nitrogens with one attached hydrogen (secondary N) is 1. The molecule has 184 valence electrons. The fourth-order valence-corrected chi connectivity index (χ4v) is 5.88. The second-order valence-corrected chi connectivity index (χ2v) is 10.7. The number of carbonyl (C=O) groups excluding carboxylic acids is 2. The van der Waals surface area contributed by atoms with E-state index in [1.165, 1.54) is 17.3 Å². The summed E-state index contributed by atoms with van der Waals surface area (Å²) in [5.74, 6) is -0.136. The molecule has 1 N–H and O–H groups in total. The summed E-state index contributed by atoms with van der Waals surface area (Å²) >= 11 is 1.46. The third kappa shape index (κ3) is 5.55. The van der Waals surface area contributed by atoms with Crippen LogP contribution in [0.3, 0.4) is 0 Å². The lowest BCUT2D eigenvalue weighted by Gasteiger charge is -2.32. The van der Waals surface area contributed by atoms with Crippen LogP contribution in [0.25, 0.3) is 6.08 Å². The van der Waals surface area contributed by atoms with E-state index >= 15 is 0 Å². The van der Waals surface area contributed by atoms with Gasteiger partial charge in [0, 0.05) is 43.2 Å². The van der Waals surface area contributed by atoms with Gasteiger partial charge in [0.2, 0.25) is 0 Å². The molecule has 0 aliphatic carbocycles. The average Bonchev–Trinajstić information content (AvgIpc) is 2.89. The van der Waals surface area contributed by atoms with Gasteiger partial charge < -0.3 is 10.2 Å². The van der Waals surface area contributed by atoms with E-state index in [2.05, 4.69) is 40.5 Å². The van der Waals surface area contributed by atoms with E-state index in [1.54, 1.807) is 11.9 Å². The van der Waals surface area contributed by atoms with Crippen molar-refractivity contribution in [3.05, 3.63) is 100.0 Å². The Balaban J connectivity index is 1.22. The first-order valence-electron chi connectivity index (χ1n) is 12.4. The van der Waals surface area contributed by atoms with E-state index in [0.29, 0.717) is 10.5 Å². The predicted molar refractivity (Wildman–Crippen MR) is 147 cm³/mol. The zero-order valence-electron chi connectivity index (χ0n) is 20.7. The van der Waals surface area contributed by atoms with Gasteiger partial charge in [-0.05, 0) is 55.2 Å². The number of fused-ring (bicyclic) bond motifs is 1. The second-order valence-electron chi connectivity index (χ2n) is 9.58. The Labute approximate surface area is 217 Å². The van der Waals surface area contributed by atoms with E-state index < -0.39 is 0 Å². The Morgan fingerprint density at radius 1 is 1.03 bits per heavy atom. The van der Waals surface area contributed by atoms with Crippen LogP contribution in [-0.4, -0.2) is 42.9 Å². The lowest BCUT2D eigenvalue weighted by molar-refractivity contribution is -0.114. The maximum absolute atomic E-state index is 13.1. The summed E-state index contributed by atoms with van der Waals surface area (Å²) in [5, 5.41) is 3.21. The van der Waals surface area contributed by atoms with Gasteiger partial charge in [0.1, 0.15) is 0 Å². The van der Waals surface area contributed by atoms with Crippen molar-refractivity contribution >= 4 is 35.3 Å². The standard InChI is InChI=1S/C30H31N3O2S/c1-21-7-6-10-23(17-21)18-28-30(35)32(2)26-19-24(11-12-27(26)36-28)29(34)31-25-13-15-33(16-14-25)20-22-8-4-3-5-9-22/h3-12,17-19,25H,13-16,20H2,1-2H3,(H,31,34). The number of nitrogens with zero attached hydrogens (tertiary/aromatic N) is 2. The van der Waals surface area contributed by atoms with Gasteiger partial charge in [0.05, 0.1) is 10.6 Å². The van der Waals surface area contributed by atoms with Crippen LogP contribution in [0.5, 0.6) is 0 Å². The van der Waals surface area contributed by atoms with Crippen molar-refractivity contribution in [3.63, 3.8) is 0 Å². The average molecular weight is 498 g/mol. The second kappa shape index (κ2) is 10.7. The summed E-state index contributed by atoms with van der Waals surface area (Å²) in [6, 6.07) is 24.4. The van der Waals surface area contributed by atoms with E-state index in [-0.39, 0.29) is 17.9 Å². The molecule has 2 aliphatic rings. The molecule has 2 aliphatic heterocycles. The number of amides is 2. The number of benzene rings is 3. The zero-order chi connectivity index (χ0) is 25.1. The van der Waals surface area contributed by atoms with E-state index in [1.807, 2.05) is 55.5 Å². The SMILES string of the molecule is Cc1cccc(C=C2Sc3ccc(C(=O)NC4CCN(Cc5ccccc5)CC4)cc3N(C)C2=O)c1. The molecule has 0 atom stereocenters. The summed E-state index contributed by atoms with van der Waals surface area (Å²) in [6.07, 6.45) is 3.81. The molecular weight excluding hydrogens is 466 g/mol. The maximum atomic E-state index is 13.1.